The molecule has 2 rings (SSSR count). The third-order valence-corrected chi connectivity index (χ3v) is 3.52. The highest BCUT2D eigenvalue weighted by Crippen LogP contribution is 2.25. The van der Waals surface area contributed by atoms with Crippen molar-refractivity contribution >= 4 is 5.69 Å². The minimum atomic E-state index is 0.0941. The summed E-state index contributed by atoms with van der Waals surface area (Å²) in [4.78, 5) is 2.36. The summed E-state index contributed by atoms with van der Waals surface area (Å²) >= 11 is 0. The molecule has 0 radical (unpaired) electrons. The number of anilines is 1. The predicted molar refractivity (Wildman–Crippen MR) is 74.6 cm³/mol. The van der Waals surface area contributed by atoms with Crippen LogP contribution in [-0.4, -0.2) is 24.7 Å². The first-order chi connectivity index (χ1) is 8.52. The van der Waals surface area contributed by atoms with Gasteiger partial charge in [-0.1, -0.05) is 17.7 Å². The number of aryl methyl sites for hydroxylation is 1. The zero-order chi connectivity index (χ0) is 13.2. The van der Waals surface area contributed by atoms with E-state index in [1.807, 2.05) is 0 Å². The van der Waals surface area contributed by atoms with E-state index in [1.165, 1.54) is 11.3 Å². The fourth-order valence-electron chi connectivity index (χ4n) is 2.44. The normalized spacial score (nSPS) is 22.6. The number of nitriles is 1. The van der Waals surface area contributed by atoms with Gasteiger partial charge >= 0.3 is 0 Å². The summed E-state index contributed by atoms with van der Waals surface area (Å²) in [5.41, 5.74) is 2.58. The molecular formula is C15H21N3. The second-order valence-electron chi connectivity index (χ2n) is 5.74. The highest BCUT2D eigenvalue weighted by Gasteiger charge is 2.32. The second kappa shape index (κ2) is 4.99. The lowest BCUT2D eigenvalue weighted by molar-refractivity contribution is 0.311. The van der Waals surface area contributed by atoms with Gasteiger partial charge in [0.05, 0.1) is 18.5 Å². The first kappa shape index (κ1) is 12.9. The third-order valence-electron chi connectivity index (χ3n) is 3.52. The maximum absolute atomic E-state index is 8.95. The van der Waals surface area contributed by atoms with E-state index in [9.17, 15) is 0 Å². The Hall–Kier alpha value is -1.53. The van der Waals surface area contributed by atoms with Gasteiger partial charge in [0, 0.05) is 24.3 Å². The molecular weight excluding hydrogens is 222 g/mol. The van der Waals surface area contributed by atoms with Crippen LogP contribution in [0.15, 0.2) is 24.3 Å². The molecule has 0 bridgehead atoms. The van der Waals surface area contributed by atoms with Crippen LogP contribution < -0.4 is 10.2 Å². The third kappa shape index (κ3) is 2.83. The fraction of sp³-hybridized carbons (Fsp3) is 0.533. The average molecular weight is 243 g/mol. The summed E-state index contributed by atoms with van der Waals surface area (Å²) < 4.78 is 0. The smallest absolute Gasteiger partial charge is 0.0643 e. The maximum atomic E-state index is 8.95. The first-order valence-corrected chi connectivity index (χ1v) is 6.47. The van der Waals surface area contributed by atoms with E-state index in [0.29, 0.717) is 6.42 Å². The number of hydrogen-bond acceptors (Lipinski definition) is 3. The van der Waals surface area contributed by atoms with Crippen LogP contribution in [0.1, 0.15) is 25.8 Å². The number of benzene rings is 1. The van der Waals surface area contributed by atoms with Crippen molar-refractivity contribution in [2.24, 2.45) is 0 Å². The van der Waals surface area contributed by atoms with Crippen LogP contribution in [-0.2, 0) is 0 Å². The van der Waals surface area contributed by atoms with Crippen molar-refractivity contribution in [2.45, 2.75) is 38.8 Å². The van der Waals surface area contributed by atoms with Crippen molar-refractivity contribution in [3.8, 4) is 6.07 Å². The van der Waals surface area contributed by atoms with Crippen molar-refractivity contribution in [3.63, 3.8) is 0 Å². The van der Waals surface area contributed by atoms with E-state index in [2.05, 4.69) is 61.3 Å². The highest BCUT2D eigenvalue weighted by molar-refractivity contribution is 5.50. The van der Waals surface area contributed by atoms with Gasteiger partial charge in [-0.3, -0.25) is 0 Å². The minimum absolute atomic E-state index is 0.0941. The van der Waals surface area contributed by atoms with E-state index in [4.69, 9.17) is 5.26 Å². The van der Waals surface area contributed by atoms with Crippen LogP contribution in [0.4, 0.5) is 5.69 Å². The number of piperazine rings is 1. The molecule has 1 fully saturated rings. The molecule has 0 aromatic heterocycles. The summed E-state index contributed by atoms with van der Waals surface area (Å²) in [6.45, 7) is 8.31. The van der Waals surface area contributed by atoms with Gasteiger partial charge in [-0.25, -0.2) is 0 Å². The van der Waals surface area contributed by atoms with Gasteiger partial charge < -0.3 is 10.2 Å². The summed E-state index contributed by atoms with van der Waals surface area (Å²) in [5.74, 6) is 0. The summed E-state index contributed by atoms with van der Waals surface area (Å²) in [7, 11) is 0. The summed E-state index contributed by atoms with van der Waals surface area (Å²) in [6, 6.07) is 11.1. The molecule has 0 saturated carbocycles. The lowest BCUT2D eigenvalue weighted by Gasteiger charge is -2.45. The van der Waals surface area contributed by atoms with Crippen molar-refractivity contribution in [2.75, 3.05) is 18.0 Å². The molecule has 1 aliphatic rings. The molecule has 1 aromatic carbocycles. The Kier molecular flexibility index (Phi) is 3.58. The SMILES string of the molecule is Cc1ccc(N2CC(C)(C)NCC2CC#N)cc1. The van der Waals surface area contributed by atoms with Gasteiger partial charge in [0.15, 0.2) is 0 Å². The second-order valence-corrected chi connectivity index (χ2v) is 5.74. The largest absolute Gasteiger partial charge is 0.364 e. The van der Waals surface area contributed by atoms with Gasteiger partial charge in [-0.05, 0) is 32.9 Å². The van der Waals surface area contributed by atoms with Crippen molar-refractivity contribution in [1.82, 2.24) is 5.32 Å². The van der Waals surface area contributed by atoms with Gasteiger partial charge in [0.2, 0.25) is 0 Å². The molecule has 0 spiro atoms. The molecule has 1 aliphatic heterocycles. The lowest BCUT2D eigenvalue weighted by Crippen LogP contribution is -2.61. The molecule has 1 atom stereocenters. The minimum Gasteiger partial charge on any atom is -0.364 e. The summed E-state index contributed by atoms with van der Waals surface area (Å²) in [5, 5.41) is 12.5. The standard InChI is InChI=1S/C15H21N3/c1-12-4-6-13(7-5-12)18-11-15(2,3)17-10-14(18)8-9-16/h4-7,14,17H,8,10-11H2,1-3H3. The number of nitrogens with zero attached hydrogens (tertiary/aromatic N) is 2. The molecule has 3 nitrogen and oxygen atoms in total. The van der Waals surface area contributed by atoms with E-state index in [1.54, 1.807) is 0 Å². The average Bonchev–Trinajstić information content (AvgIpc) is 2.32. The Morgan fingerprint density at radius 3 is 2.67 bits per heavy atom. The van der Waals surface area contributed by atoms with E-state index in [0.717, 1.165) is 13.1 Å². The number of hydrogen-bond donors (Lipinski definition) is 1. The van der Waals surface area contributed by atoms with Gasteiger partial charge in [-0.15, -0.1) is 0 Å². The van der Waals surface area contributed by atoms with Crippen LogP contribution in [0.5, 0.6) is 0 Å². The molecule has 0 amide bonds. The zero-order valence-electron chi connectivity index (χ0n) is 11.4. The molecule has 96 valence electrons. The maximum Gasteiger partial charge on any atom is 0.0643 e. The van der Waals surface area contributed by atoms with E-state index >= 15 is 0 Å². The lowest BCUT2D eigenvalue weighted by atomic mass is 9.96. The Morgan fingerprint density at radius 1 is 1.39 bits per heavy atom. The highest BCUT2D eigenvalue weighted by atomic mass is 15.3. The van der Waals surface area contributed by atoms with E-state index in [-0.39, 0.29) is 11.6 Å². The molecule has 18 heavy (non-hydrogen) atoms. The Morgan fingerprint density at radius 2 is 2.06 bits per heavy atom. The van der Waals surface area contributed by atoms with Gasteiger partial charge in [-0.2, -0.15) is 5.26 Å². The van der Waals surface area contributed by atoms with Gasteiger partial charge in [0.1, 0.15) is 0 Å². The van der Waals surface area contributed by atoms with Crippen LogP contribution in [0, 0.1) is 18.3 Å². The van der Waals surface area contributed by atoms with Crippen molar-refractivity contribution in [3.05, 3.63) is 29.8 Å². The monoisotopic (exact) mass is 243 g/mol. The molecule has 3 heteroatoms. The molecule has 1 aromatic rings. The Labute approximate surface area is 109 Å². The van der Waals surface area contributed by atoms with Crippen molar-refractivity contribution in [1.29, 1.82) is 5.26 Å². The number of rotatable bonds is 2. The van der Waals surface area contributed by atoms with E-state index < -0.39 is 0 Å². The Bertz CT molecular complexity index is 442. The molecule has 0 aliphatic carbocycles. The van der Waals surface area contributed by atoms with Crippen LogP contribution in [0.2, 0.25) is 0 Å². The molecule has 1 unspecified atom stereocenters. The predicted octanol–water partition coefficient (Wildman–Crippen LogP) is 2.47. The van der Waals surface area contributed by atoms with Gasteiger partial charge in [0.25, 0.3) is 0 Å². The number of nitrogens with one attached hydrogen (secondary N) is 1. The molecule has 1 N–H and O–H groups in total. The van der Waals surface area contributed by atoms with Crippen LogP contribution in [0.3, 0.4) is 0 Å². The van der Waals surface area contributed by atoms with Crippen molar-refractivity contribution < 1.29 is 0 Å². The summed E-state index contributed by atoms with van der Waals surface area (Å²) in [6.07, 6.45) is 0.566. The molecule has 1 heterocycles. The molecule has 1 saturated heterocycles. The quantitative estimate of drug-likeness (QED) is 0.867. The Balaban J connectivity index is 2.24. The zero-order valence-corrected chi connectivity index (χ0v) is 11.4. The van der Waals surface area contributed by atoms with Crippen LogP contribution >= 0.6 is 0 Å². The fourth-order valence-corrected chi connectivity index (χ4v) is 2.44. The van der Waals surface area contributed by atoms with Crippen LogP contribution in [0.25, 0.3) is 0 Å². The first-order valence-electron chi connectivity index (χ1n) is 6.47. The topological polar surface area (TPSA) is 39.1 Å².